The van der Waals surface area contributed by atoms with Crippen molar-refractivity contribution >= 4 is 17.9 Å². The molecule has 71 heavy (non-hydrogen) atoms. The van der Waals surface area contributed by atoms with Gasteiger partial charge in [0, 0.05) is 12.8 Å². The number of carbonyl (C=O) groups is 3. The molecule has 0 heterocycles. The predicted molar refractivity (Wildman–Crippen MR) is 297 cm³/mol. The van der Waals surface area contributed by atoms with Crippen molar-refractivity contribution in [3.8, 4) is 0 Å². The van der Waals surface area contributed by atoms with E-state index >= 15 is 0 Å². The molecule has 0 saturated heterocycles. The summed E-state index contributed by atoms with van der Waals surface area (Å²) in [4.78, 5) is 37.3. The van der Waals surface area contributed by atoms with Crippen molar-refractivity contribution < 1.29 is 42.9 Å². The van der Waals surface area contributed by atoms with Gasteiger partial charge in [-0.2, -0.15) is 0 Å². The van der Waals surface area contributed by atoms with E-state index in [2.05, 4.69) is 111 Å². The third kappa shape index (κ3) is 53.8. The van der Waals surface area contributed by atoms with Crippen LogP contribution in [0.4, 0.5) is 0 Å². The molecule has 406 valence electrons. The van der Waals surface area contributed by atoms with Gasteiger partial charge in [-0.1, -0.05) is 207 Å². The van der Waals surface area contributed by atoms with Gasteiger partial charge in [0.1, 0.15) is 13.2 Å². The SMILES string of the molecule is CC/C=C\C/C=C\C/C=C\C/C=C\C/C=C\CCCCCCCCCCCCCC(=O)OC(COC(=O)CCCCCCCC/C=C\C/C=C\C/C=C\CCCCC)COC(OCC[N+](C)(C)C)C(=O)[O-]. The summed E-state index contributed by atoms with van der Waals surface area (Å²) in [5.41, 5.74) is 0. The van der Waals surface area contributed by atoms with Crippen LogP contribution in [0.1, 0.15) is 219 Å². The molecule has 0 rings (SSSR count). The number of carboxylic acids is 1. The predicted octanol–water partition coefficient (Wildman–Crippen LogP) is 15.2. The van der Waals surface area contributed by atoms with Crippen molar-refractivity contribution in [2.75, 3.05) is 47.5 Å². The highest BCUT2D eigenvalue weighted by molar-refractivity contribution is 5.70. The number of likely N-dealkylation sites (N-methyl/N-ethyl adjacent to an activating group) is 1. The van der Waals surface area contributed by atoms with Crippen molar-refractivity contribution in [2.45, 2.75) is 232 Å². The number of unbranched alkanes of at least 4 members (excludes halogenated alkanes) is 20. The Balaban J connectivity index is 4.30. The zero-order chi connectivity index (χ0) is 52.0. The molecule has 0 N–H and O–H groups in total. The standard InChI is InChI=1S/C62H105NO8/c1-6-8-10-12-14-16-18-20-22-24-26-27-28-29-30-31-32-33-35-37-39-41-43-45-47-49-51-53-60(65)71-58(57-70-62(61(66)67)68-55-54-63(3,4)5)56-69-59(64)52-50-48-46-44-42-40-38-36-34-25-23-21-19-17-15-13-11-9-7-2/h8,10,14-17,20-23,26-27,29-30,34,36,58,62H,6-7,9,11-13,18-19,24-25,28,31-33,35,37-57H2,1-5H3/b10-8-,16-14-,17-15-,22-20-,23-21-,27-26-,30-29-,36-34-. The van der Waals surface area contributed by atoms with Crippen LogP contribution < -0.4 is 5.11 Å². The molecule has 0 fully saturated rings. The van der Waals surface area contributed by atoms with Gasteiger partial charge in [0.2, 0.25) is 0 Å². The molecule has 9 nitrogen and oxygen atoms in total. The van der Waals surface area contributed by atoms with E-state index in [1.807, 2.05) is 21.1 Å². The summed E-state index contributed by atoms with van der Waals surface area (Å²) in [5, 5.41) is 11.8. The quantitative estimate of drug-likeness (QED) is 0.0195. The van der Waals surface area contributed by atoms with E-state index in [0.29, 0.717) is 17.4 Å². The number of aliphatic carboxylic acids is 1. The molecule has 0 aromatic heterocycles. The van der Waals surface area contributed by atoms with Gasteiger partial charge in [-0.3, -0.25) is 9.59 Å². The van der Waals surface area contributed by atoms with Crippen LogP contribution in [-0.2, 0) is 33.3 Å². The molecule has 0 spiro atoms. The highest BCUT2D eigenvalue weighted by Crippen LogP contribution is 2.15. The molecule has 9 heteroatoms. The average molecular weight is 993 g/mol. The van der Waals surface area contributed by atoms with Crippen LogP contribution in [0.25, 0.3) is 0 Å². The van der Waals surface area contributed by atoms with Crippen molar-refractivity contribution in [3.63, 3.8) is 0 Å². The monoisotopic (exact) mass is 992 g/mol. The Bertz CT molecular complexity index is 1480. The van der Waals surface area contributed by atoms with Crippen LogP contribution in [0.2, 0.25) is 0 Å². The van der Waals surface area contributed by atoms with Crippen LogP contribution in [0, 0.1) is 0 Å². The average Bonchev–Trinajstić information content (AvgIpc) is 3.34. The van der Waals surface area contributed by atoms with Crippen molar-refractivity contribution in [2.24, 2.45) is 0 Å². The van der Waals surface area contributed by atoms with Crippen LogP contribution in [0.5, 0.6) is 0 Å². The molecule has 0 aliphatic carbocycles. The normalized spacial score (nSPS) is 13.5. The number of carboxylic acid groups (broad SMARTS) is 1. The molecule has 0 aliphatic rings. The van der Waals surface area contributed by atoms with Gasteiger partial charge in [-0.15, -0.1) is 0 Å². The smallest absolute Gasteiger partial charge is 0.306 e. The maximum atomic E-state index is 12.9. The fourth-order valence-corrected chi connectivity index (χ4v) is 7.45. The Morgan fingerprint density at radius 3 is 1.20 bits per heavy atom. The summed E-state index contributed by atoms with van der Waals surface area (Å²) >= 11 is 0. The van der Waals surface area contributed by atoms with E-state index in [4.69, 9.17) is 18.9 Å². The van der Waals surface area contributed by atoms with Gasteiger partial charge >= 0.3 is 11.9 Å². The molecular formula is C62H105NO8. The Morgan fingerprint density at radius 2 is 0.803 bits per heavy atom. The lowest BCUT2D eigenvalue weighted by Crippen LogP contribution is -2.44. The fourth-order valence-electron chi connectivity index (χ4n) is 7.45. The second-order valence-corrected chi connectivity index (χ2v) is 19.8. The molecular weight excluding hydrogens is 887 g/mol. The van der Waals surface area contributed by atoms with E-state index in [0.717, 1.165) is 103 Å². The molecule has 2 unspecified atom stereocenters. The topological polar surface area (TPSA) is 111 Å². The first-order valence-corrected chi connectivity index (χ1v) is 28.4. The maximum Gasteiger partial charge on any atom is 0.306 e. The number of hydrogen-bond acceptors (Lipinski definition) is 8. The first kappa shape index (κ1) is 67.2. The zero-order valence-corrected chi connectivity index (χ0v) is 46.1. The third-order valence-electron chi connectivity index (χ3n) is 11.8. The lowest BCUT2D eigenvalue weighted by Gasteiger charge is -2.26. The largest absolute Gasteiger partial charge is 0.545 e. The van der Waals surface area contributed by atoms with Crippen molar-refractivity contribution in [1.29, 1.82) is 0 Å². The zero-order valence-electron chi connectivity index (χ0n) is 46.1. The number of allylic oxidation sites excluding steroid dienone is 16. The van der Waals surface area contributed by atoms with Crippen molar-refractivity contribution in [3.05, 3.63) is 97.2 Å². The number of carbonyl (C=O) groups excluding carboxylic acids is 3. The number of rotatable bonds is 51. The van der Waals surface area contributed by atoms with Gasteiger partial charge in [0.05, 0.1) is 40.3 Å². The van der Waals surface area contributed by atoms with E-state index < -0.39 is 24.3 Å². The van der Waals surface area contributed by atoms with Gasteiger partial charge < -0.3 is 33.3 Å². The van der Waals surface area contributed by atoms with Crippen LogP contribution >= 0.6 is 0 Å². The van der Waals surface area contributed by atoms with Crippen LogP contribution in [0.15, 0.2) is 97.2 Å². The summed E-state index contributed by atoms with van der Waals surface area (Å²) in [6.45, 7) is 4.58. The van der Waals surface area contributed by atoms with Crippen molar-refractivity contribution in [1.82, 2.24) is 0 Å². The minimum Gasteiger partial charge on any atom is -0.545 e. The second kappa shape index (κ2) is 52.5. The van der Waals surface area contributed by atoms with Crippen LogP contribution in [0.3, 0.4) is 0 Å². The van der Waals surface area contributed by atoms with E-state index in [1.165, 1.54) is 83.5 Å². The number of nitrogens with zero attached hydrogens (tertiary/aromatic N) is 1. The minimum absolute atomic E-state index is 0.140. The molecule has 0 aromatic rings. The minimum atomic E-state index is -1.63. The van der Waals surface area contributed by atoms with Gasteiger partial charge in [0.25, 0.3) is 0 Å². The molecule has 0 aliphatic heterocycles. The first-order valence-electron chi connectivity index (χ1n) is 28.4. The Morgan fingerprint density at radius 1 is 0.437 bits per heavy atom. The molecule has 0 aromatic carbocycles. The van der Waals surface area contributed by atoms with E-state index in [1.54, 1.807) is 0 Å². The second-order valence-electron chi connectivity index (χ2n) is 19.8. The fraction of sp³-hybridized carbons (Fsp3) is 0.694. The van der Waals surface area contributed by atoms with Gasteiger partial charge in [0.15, 0.2) is 12.4 Å². The highest BCUT2D eigenvalue weighted by atomic mass is 16.7. The third-order valence-corrected chi connectivity index (χ3v) is 11.8. The summed E-state index contributed by atoms with van der Waals surface area (Å²) in [7, 11) is 5.91. The van der Waals surface area contributed by atoms with E-state index in [-0.39, 0.29) is 38.6 Å². The molecule has 0 saturated carbocycles. The number of quaternary nitrogens is 1. The first-order chi connectivity index (χ1) is 34.6. The number of ether oxygens (including phenoxy) is 4. The lowest BCUT2D eigenvalue weighted by atomic mass is 10.0. The summed E-state index contributed by atoms with van der Waals surface area (Å²) in [5.74, 6) is -2.31. The van der Waals surface area contributed by atoms with E-state index in [9.17, 15) is 19.5 Å². The number of esters is 2. The Hall–Kier alpha value is -3.79. The Labute approximate surface area is 435 Å². The summed E-state index contributed by atoms with van der Waals surface area (Å²) < 4.78 is 22.7. The molecule has 0 amide bonds. The van der Waals surface area contributed by atoms with Gasteiger partial charge in [-0.25, -0.2) is 0 Å². The lowest BCUT2D eigenvalue weighted by molar-refractivity contribution is -0.870. The van der Waals surface area contributed by atoms with Crippen LogP contribution in [-0.4, -0.2) is 82.3 Å². The Kier molecular flexibility index (Phi) is 49.7. The van der Waals surface area contributed by atoms with Gasteiger partial charge in [-0.05, 0) is 96.3 Å². The number of hydrogen-bond donors (Lipinski definition) is 0. The molecule has 2 atom stereocenters. The maximum absolute atomic E-state index is 12.9. The molecule has 0 bridgehead atoms. The summed E-state index contributed by atoms with van der Waals surface area (Å²) in [6.07, 6.45) is 67.3. The summed E-state index contributed by atoms with van der Waals surface area (Å²) in [6, 6.07) is 0. The molecule has 0 radical (unpaired) electrons. The highest BCUT2D eigenvalue weighted by Gasteiger charge is 2.22.